The fourth-order valence-electron chi connectivity index (χ4n) is 2.67. The number of nitrogens with one attached hydrogen (secondary N) is 2. The minimum atomic E-state index is -0.754. The highest BCUT2D eigenvalue weighted by atomic mass is 16.3. The molecular formula is C15H26N4O2. The second-order valence-corrected chi connectivity index (χ2v) is 6.25. The van der Waals surface area contributed by atoms with Crippen molar-refractivity contribution >= 4 is 11.7 Å². The van der Waals surface area contributed by atoms with Crippen LogP contribution >= 0.6 is 0 Å². The molecule has 1 heterocycles. The summed E-state index contributed by atoms with van der Waals surface area (Å²) in [5, 5.41) is 20.2. The van der Waals surface area contributed by atoms with Crippen molar-refractivity contribution in [3.05, 3.63) is 12.4 Å². The van der Waals surface area contributed by atoms with E-state index in [1.54, 1.807) is 17.1 Å². The Morgan fingerprint density at radius 3 is 2.62 bits per heavy atom. The van der Waals surface area contributed by atoms with E-state index in [1.165, 1.54) is 12.8 Å². The summed E-state index contributed by atoms with van der Waals surface area (Å²) < 4.78 is 1.79. The molecule has 118 valence electrons. The van der Waals surface area contributed by atoms with Crippen LogP contribution in [0.15, 0.2) is 12.4 Å². The molecule has 0 bridgehead atoms. The largest absolute Gasteiger partial charge is 0.388 e. The second kappa shape index (κ2) is 6.93. The first-order valence-corrected chi connectivity index (χ1v) is 7.80. The summed E-state index contributed by atoms with van der Waals surface area (Å²) in [6.07, 6.45) is 9.34. The average molecular weight is 294 g/mol. The van der Waals surface area contributed by atoms with E-state index in [-0.39, 0.29) is 12.1 Å². The fourth-order valence-corrected chi connectivity index (χ4v) is 2.67. The van der Waals surface area contributed by atoms with Crippen LogP contribution in [0.4, 0.5) is 10.5 Å². The number of hydrogen-bond acceptors (Lipinski definition) is 3. The first-order valence-electron chi connectivity index (χ1n) is 7.80. The molecule has 0 aliphatic heterocycles. The number of aliphatic hydroxyl groups is 1. The number of rotatable bonds is 4. The molecule has 0 atom stereocenters. The standard InChI is InChI=1S/C15H26N4O2/c1-12(2)19-10-13(9-17-19)18-14(20)16-11-15(21)7-5-3-4-6-8-15/h9-10,12,21H,3-8,11H2,1-2H3,(H2,16,18,20). The summed E-state index contributed by atoms with van der Waals surface area (Å²) >= 11 is 0. The normalized spacial score (nSPS) is 18.3. The molecule has 1 saturated carbocycles. The highest BCUT2D eigenvalue weighted by Crippen LogP contribution is 2.26. The highest BCUT2D eigenvalue weighted by molar-refractivity contribution is 5.88. The van der Waals surface area contributed by atoms with Crippen LogP contribution in [0.5, 0.6) is 0 Å². The summed E-state index contributed by atoms with van der Waals surface area (Å²) in [5.74, 6) is 0. The van der Waals surface area contributed by atoms with Crippen molar-refractivity contribution in [2.24, 2.45) is 0 Å². The van der Waals surface area contributed by atoms with Crippen molar-refractivity contribution in [2.45, 2.75) is 64.0 Å². The van der Waals surface area contributed by atoms with Gasteiger partial charge in [0.2, 0.25) is 0 Å². The van der Waals surface area contributed by atoms with Crippen molar-refractivity contribution in [2.75, 3.05) is 11.9 Å². The number of amides is 2. The van der Waals surface area contributed by atoms with E-state index in [0.29, 0.717) is 12.2 Å². The third-order valence-corrected chi connectivity index (χ3v) is 4.00. The van der Waals surface area contributed by atoms with Crippen LogP contribution in [0.3, 0.4) is 0 Å². The van der Waals surface area contributed by atoms with Crippen molar-refractivity contribution in [1.29, 1.82) is 0 Å². The van der Waals surface area contributed by atoms with Crippen LogP contribution in [0.25, 0.3) is 0 Å². The number of aromatic nitrogens is 2. The average Bonchev–Trinajstić information content (AvgIpc) is 2.79. The van der Waals surface area contributed by atoms with Gasteiger partial charge < -0.3 is 15.7 Å². The zero-order chi connectivity index (χ0) is 15.3. The monoisotopic (exact) mass is 294 g/mol. The number of hydrogen-bond donors (Lipinski definition) is 3. The quantitative estimate of drug-likeness (QED) is 0.747. The molecule has 1 fully saturated rings. The van der Waals surface area contributed by atoms with E-state index in [9.17, 15) is 9.90 Å². The number of carbonyl (C=O) groups is 1. The van der Waals surface area contributed by atoms with Gasteiger partial charge in [0.05, 0.1) is 17.5 Å². The molecule has 6 nitrogen and oxygen atoms in total. The summed E-state index contributed by atoms with van der Waals surface area (Å²) in [5.41, 5.74) is -0.0929. The third kappa shape index (κ3) is 4.74. The number of anilines is 1. The summed E-state index contributed by atoms with van der Waals surface area (Å²) in [6.45, 7) is 4.36. The first-order chi connectivity index (χ1) is 9.98. The second-order valence-electron chi connectivity index (χ2n) is 6.25. The Morgan fingerprint density at radius 1 is 1.38 bits per heavy atom. The van der Waals surface area contributed by atoms with E-state index >= 15 is 0 Å². The molecular weight excluding hydrogens is 268 g/mol. The van der Waals surface area contributed by atoms with E-state index < -0.39 is 5.60 Å². The molecule has 1 aliphatic rings. The van der Waals surface area contributed by atoms with Crippen LogP contribution in [-0.2, 0) is 0 Å². The maximum Gasteiger partial charge on any atom is 0.319 e. The highest BCUT2D eigenvalue weighted by Gasteiger charge is 2.28. The lowest BCUT2D eigenvalue weighted by molar-refractivity contribution is 0.0281. The summed E-state index contributed by atoms with van der Waals surface area (Å²) in [4.78, 5) is 11.9. The summed E-state index contributed by atoms with van der Waals surface area (Å²) in [6, 6.07) is -0.0358. The van der Waals surface area contributed by atoms with Gasteiger partial charge in [-0.05, 0) is 26.7 Å². The Morgan fingerprint density at radius 2 is 2.05 bits per heavy atom. The van der Waals surface area contributed by atoms with Crippen LogP contribution in [-0.4, -0.2) is 33.1 Å². The molecule has 0 spiro atoms. The van der Waals surface area contributed by atoms with E-state index in [4.69, 9.17) is 0 Å². The van der Waals surface area contributed by atoms with Crippen LogP contribution in [0.1, 0.15) is 58.4 Å². The molecule has 0 radical (unpaired) electrons. The van der Waals surface area contributed by atoms with E-state index in [2.05, 4.69) is 15.7 Å². The molecule has 21 heavy (non-hydrogen) atoms. The van der Waals surface area contributed by atoms with Crippen molar-refractivity contribution in [3.8, 4) is 0 Å². The number of carbonyl (C=O) groups excluding carboxylic acids is 1. The SMILES string of the molecule is CC(C)n1cc(NC(=O)NCC2(O)CCCCCC2)cn1. The third-order valence-electron chi connectivity index (χ3n) is 4.00. The Bertz CT molecular complexity index is 462. The lowest BCUT2D eigenvalue weighted by Gasteiger charge is -2.26. The Balaban J connectivity index is 1.80. The van der Waals surface area contributed by atoms with Gasteiger partial charge in [-0.25, -0.2) is 4.79 Å². The minimum absolute atomic E-state index is 0.260. The Hall–Kier alpha value is -1.56. The topological polar surface area (TPSA) is 79.2 Å². The van der Waals surface area contributed by atoms with Crippen LogP contribution in [0, 0.1) is 0 Å². The zero-order valence-electron chi connectivity index (χ0n) is 12.9. The van der Waals surface area contributed by atoms with Crippen molar-refractivity contribution in [1.82, 2.24) is 15.1 Å². The van der Waals surface area contributed by atoms with Crippen LogP contribution < -0.4 is 10.6 Å². The predicted molar refractivity (Wildman–Crippen MR) is 82.3 cm³/mol. The predicted octanol–water partition coefficient (Wildman–Crippen LogP) is 2.67. The first kappa shape index (κ1) is 15.8. The van der Waals surface area contributed by atoms with E-state index in [1.807, 2.05) is 13.8 Å². The Labute approximate surface area is 125 Å². The van der Waals surface area contributed by atoms with Gasteiger partial charge in [0, 0.05) is 18.8 Å². The van der Waals surface area contributed by atoms with Gasteiger partial charge in [-0.2, -0.15) is 5.10 Å². The maximum absolute atomic E-state index is 11.9. The van der Waals surface area contributed by atoms with Crippen molar-refractivity contribution in [3.63, 3.8) is 0 Å². The van der Waals surface area contributed by atoms with Gasteiger partial charge >= 0.3 is 6.03 Å². The molecule has 1 aromatic heterocycles. The smallest absolute Gasteiger partial charge is 0.319 e. The molecule has 6 heteroatoms. The lowest BCUT2D eigenvalue weighted by atomic mass is 9.95. The molecule has 0 aromatic carbocycles. The minimum Gasteiger partial charge on any atom is -0.388 e. The summed E-state index contributed by atoms with van der Waals surface area (Å²) in [7, 11) is 0. The molecule has 2 rings (SSSR count). The van der Waals surface area contributed by atoms with Gasteiger partial charge in [-0.1, -0.05) is 25.7 Å². The van der Waals surface area contributed by atoms with E-state index in [0.717, 1.165) is 25.7 Å². The molecule has 3 N–H and O–H groups in total. The molecule has 0 unspecified atom stereocenters. The molecule has 0 saturated heterocycles. The fraction of sp³-hybridized carbons (Fsp3) is 0.733. The molecule has 2 amide bonds. The van der Waals surface area contributed by atoms with Gasteiger partial charge in [0.1, 0.15) is 0 Å². The van der Waals surface area contributed by atoms with Gasteiger partial charge in [0.25, 0.3) is 0 Å². The van der Waals surface area contributed by atoms with Crippen molar-refractivity contribution < 1.29 is 9.90 Å². The number of nitrogens with zero attached hydrogens (tertiary/aromatic N) is 2. The zero-order valence-corrected chi connectivity index (χ0v) is 12.9. The van der Waals surface area contributed by atoms with Gasteiger partial charge in [-0.15, -0.1) is 0 Å². The van der Waals surface area contributed by atoms with Gasteiger partial charge in [-0.3, -0.25) is 4.68 Å². The molecule has 1 aliphatic carbocycles. The lowest BCUT2D eigenvalue weighted by Crippen LogP contribution is -2.44. The van der Waals surface area contributed by atoms with Gasteiger partial charge in [0.15, 0.2) is 0 Å². The Kier molecular flexibility index (Phi) is 5.22. The van der Waals surface area contributed by atoms with Crippen LogP contribution in [0.2, 0.25) is 0 Å². The number of urea groups is 1. The molecule has 1 aromatic rings. The maximum atomic E-state index is 11.9.